The van der Waals surface area contributed by atoms with E-state index in [-0.39, 0.29) is 45.6 Å². The molecule has 0 aliphatic carbocycles. The van der Waals surface area contributed by atoms with E-state index < -0.39 is 16.6 Å². The van der Waals surface area contributed by atoms with Crippen LogP contribution in [0.1, 0.15) is 54.9 Å². The first-order valence-corrected chi connectivity index (χ1v) is 15.5. The van der Waals surface area contributed by atoms with Gasteiger partial charge in [-0.1, -0.05) is 48.5 Å². The molecule has 0 spiro atoms. The molecule has 0 aliphatic rings. The van der Waals surface area contributed by atoms with E-state index in [1.807, 2.05) is 6.07 Å². The number of carbonyl (C=O) groups is 1. The van der Waals surface area contributed by atoms with E-state index in [4.69, 9.17) is 13.6 Å². The third-order valence-electron chi connectivity index (χ3n) is 5.78. The fourth-order valence-corrected chi connectivity index (χ4v) is 3.82. The predicted molar refractivity (Wildman–Crippen MR) is 125 cm³/mol. The molecule has 0 fully saturated rings. The van der Waals surface area contributed by atoms with Crippen LogP contribution in [0.25, 0.3) is 0 Å². The van der Waals surface area contributed by atoms with Crippen molar-refractivity contribution in [2.24, 2.45) is 0 Å². The molecule has 0 saturated carbocycles. The average molecular weight is 435 g/mol. The summed E-state index contributed by atoms with van der Waals surface area (Å²) >= 11 is 0. The Morgan fingerprint density at radius 2 is 1.29 bits per heavy atom. The van der Waals surface area contributed by atoms with E-state index in [9.17, 15) is 4.79 Å². The molecular weight excluding hydrogens is 395 g/mol. The maximum absolute atomic E-state index is 11.7. The Kier molecular flexibility index (Phi) is 9.59. The zero-order chi connectivity index (χ0) is 21.3. The molecule has 156 valence electrons. The van der Waals surface area contributed by atoms with Gasteiger partial charge in [0.1, 0.15) is 17.2 Å². The minimum absolute atomic E-state index is 0. The number of benzene rings is 1. The molecule has 1 rings (SSSR count). The molecule has 1 aromatic rings. The van der Waals surface area contributed by atoms with Gasteiger partial charge in [-0.05, 0) is 48.4 Å². The van der Waals surface area contributed by atoms with Crippen molar-refractivity contribution in [2.45, 2.75) is 91.2 Å². The van der Waals surface area contributed by atoms with Crippen molar-refractivity contribution < 1.29 is 18.4 Å². The van der Waals surface area contributed by atoms with Crippen LogP contribution in [0.5, 0.6) is 17.2 Å². The van der Waals surface area contributed by atoms with Gasteiger partial charge in [0.05, 0.1) is 0 Å². The molecule has 4 nitrogen and oxygen atoms in total. The monoisotopic (exact) mass is 434 g/mol. The zero-order valence-electron chi connectivity index (χ0n) is 19.1. The number of esters is 1. The zero-order valence-corrected chi connectivity index (χ0v) is 21.1. The molecule has 1 aromatic carbocycles. The standard InChI is InChI=1S/C21H38O4Si2.Na.H/c1-12-19(22)23-16-13-14-17(24-26(8,9)20(2,3)4)18(15-16)25-27(10,11)21(5,6)7;;/h13-15H,12H2,1-11H3;;. The third kappa shape index (κ3) is 7.20. The topological polar surface area (TPSA) is 44.8 Å². The van der Waals surface area contributed by atoms with E-state index in [2.05, 4.69) is 67.7 Å². The van der Waals surface area contributed by atoms with E-state index in [1.54, 1.807) is 19.1 Å². The fourth-order valence-electron chi connectivity index (χ4n) is 1.78. The van der Waals surface area contributed by atoms with E-state index >= 15 is 0 Å². The molecule has 0 atom stereocenters. The Bertz CT molecular complexity index is 674. The first-order chi connectivity index (χ1) is 12.0. The minimum atomic E-state index is -2.07. The van der Waals surface area contributed by atoms with Gasteiger partial charge in [-0.2, -0.15) is 0 Å². The van der Waals surface area contributed by atoms with Gasteiger partial charge in [0.25, 0.3) is 16.6 Å². The average Bonchev–Trinajstić information content (AvgIpc) is 2.47. The van der Waals surface area contributed by atoms with Crippen LogP contribution in [0.15, 0.2) is 18.2 Å². The molecule has 0 bridgehead atoms. The summed E-state index contributed by atoms with van der Waals surface area (Å²) in [7, 11) is -4.10. The second-order valence-electron chi connectivity index (χ2n) is 10.2. The third-order valence-corrected chi connectivity index (χ3v) is 14.5. The van der Waals surface area contributed by atoms with Crippen LogP contribution in [-0.4, -0.2) is 52.2 Å². The van der Waals surface area contributed by atoms with Crippen LogP contribution >= 0.6 is 0 Å². The fraction of sp³-hybridized carbons (Fsp3) is 0.667. The summed E-state index contributed by atoms with van der Waals surface area (Å²) in [6.07, 6.45) is 0.334. The maximum atomic E-state index is 11.7. The van der Waals surface area contributed by atoms with E-state index in [0.717, 1.165) is 5.75 Å². The Morgan fingerprint density at radius 1 is 0.857 bits per heavy atom. The van der Waals surface area contributed by atoms with Gasteiger partial charge in [0.15, 0.2) is 0 Å². The van der Waals surface area contributed by atoms with E-state index in [1.165, 1.54) is 0 Å². The predicted octanol–water partition coefficient (Wildman–Crippen LogP) is 6.12. The van der Waals surface area contributed by atoms with Crippen LogP contribution in [0.2, 0.25) is 36.3 Å². The summed E-state index contributed by atoms with van der Waals surface area (Å²) in [4.78, 5) is 11.7. The molecule has 0 radical (unpaired) electrons. The van der Waals surface area contributed by atoms with E-state index in [0.29, 0.717) is 17.9 Å². The van der Waals surface area contributed by atoms with Crippen molar-refractivity contribution in [3.63, 3.8) is 0 Å². The summed E-state index contributed by atoms with van der Waals surface area (Å²) in [6, 6.07) is 5.46. The summed E-state index contributed by atoms with van der Waals surface area (Å²) < 4.78 is 18.5. The number of rotatable bonds is 6. The Morgan fingerprint density at radius 3 is 1.68 bits per heavy atom. The molecule has 0 unspecified atom stereocenters. The number of hydrogen-bond acceptors (Lipinski definition) is 4. The molecular formula is C21H39NaO4Si2. The first kappa shape index (κ1) is 27.7. The van der Waals surface area contributed by atoms with Crippen LogP contribution in [-0.2, 0) is 4.79 Å². The van der Waals surface area contributed by atoms with Crippen molar-refractivity contribution in [3.05, 3.63) is 18.2 Å². The van der Waals surface area contributed by atoms with Gasteiger partial charge in [-0.25, -0.2) is 0 Å². The van der Waals surface area contributed by atoms with Crippen molar-refractivity contribution in [1.82, 2.24) is 0 Å². The Hall–Kier alpha value is -0.276. The Balaban J connectivity index is 0.00000729. The van der Waals surface area contributed by atoms with Crippen LogP contribution in [0.3, 0.4) is 0 Å². The van der Waals surface area contributed by atoms with Gasteiger partial charge in [0, 0.05) is 12.5 Å². The normalized spacial score (nSPS) is 12.8. The number of ether oxygens (including phenoxy) is 1. The van der Waals surface area contributed by atoms with Gasteiger partial charge < -0.3 is 13.6 Å². The van der Waals surface area contributed by atoms with Gasteiger partial charge in [-0.3, -0.25) is 4.79 Å². The van der Waals surface area contributed by atoms with Crippen molar-refractivity contribution >= 4 is 52.2 Å². The summed E-state index contributed by atoms with van der Waals surface area (Å²) in [5.74, 6) is 1.65. The first-order valence-electron chi connectivity index (χ1n) is 9.73. The van der Waals surface area contributed by atoms with Gasteiger partial charge >= 0.3 is 35.5 Å². The van der Waals surface area contributed by atoms with Crippen LogP contribution in [0, 0.1) is 0 Å². The molecule has 0 heterocycles. The van der Waals surface area contributed by atoms with Crippen LogP contribution < -0.4 is 13.6 Å². The molecule has 28 heavy (non-hydrogen) atoms. The van der Waals surface area contributed by atoms with Gasteiger partial charge in [-0.15, -0.1) is 0 Å². The molecule has 7 heteroatoms. The molecule has 0 aromatic heterocycles. The van der Waals surface area contributed by atoms with Crippen molar-refractivity contribution in [2.75, 3.05) is 0 Å². The number of hydrogen-bond donors (Lipinski definition) is 0. The molecule has 0 aliphatic heterocycles. The molecule has 0 amide bonds. The second-order valence-corrected chi connectivity index (χ2v) is 19.6. The van der Waals surface area contributed by atoms with Crippen molar-refractivity contribution in [1.29, 1.82) is 0 Å². The quantitative estimate of drug-likeness (QED) is 0.307. The second kappa shape index (κ2) is 9.69. The number of carbonyl (C=O) groups excluding carboxylic acids is 1. The summed E-state index contributed by atoms with van der Waals surface area (Å²) in [5, 5.41) is 0.131. The van der Waals surface area contributed by atoms with Crippen LogP contribution in [0.4, 0.5) is 0 Å². The Labute approximate surface area is 196 Å². The summed E-state index contributed by atoms with van der Waals surface area (Å²) in [5.41, 5.74) is 0. The van der Waals surface area contributed by atoms with Crippen molar-refractivity contribution in [3.8, 4) is 17.2 Å². The molecule has 0 saturated heterocycles. The molecule has 0 N–H and O–H groups in total. The summed E-state index contributed by atoms with van der Waals surface area (Å²) in [6.45, 7) is 23.9. The van der Waals surface area contributed by atoms with Gasteiger partial charge in [0.2, 0.25) is 0 Å². The SMILES string of the molecule is CCC(=O)Oc1ccc(O[Si](C)(C)C(C)(C)C)c(O[Si](C)(C)C(C)(C)C)c1.[NaH].